The summed E-state index contributed by atoms with van der Waals surface area (Å²) in [7, 11) is 0. The molecule has 0 bridgehead atoms. The van der Waals surface area contributed by atoms with Gasteiger partial charge in [-0.15, -0.1) is 0 Å². The largest absolute Gasteiger partial charge is 0.444 e. The highest BCUT2D eigenvalue weighted by molar-refractivity contribution is 5.92. The Balaban J connectivity index is 2.35. The van der Waals surface area contributed by atoms with Crippen molar-refractivity contribution in [3.63, 3.8) is 0 Å². The minimum atomic E-state index is -1.21. The fourth-order valence-electron chi connectivity index (χ4n) is 3.74. The molecule has 1 aliphatic carbocycles. The second-order valence-corrected chi connectivity index (χ2v) is 10.1. The second-order valence-electron chi connectivity index (χ2n) is 10.1. The van der Waals surface area contributed by atoms with E-state index in [1.54, 1.807) is 20.8 Å². The molecule has 2 unspecified atom stereocenters. The Hall–Kier alpha value is -2.61. The van der Waals surface area contributed by atoms with Gasteiger partial charge in [0, 0.05) is 12.6 Å². The summed E-state index contributed by atoms with van der Waals surface area (Å²) in [5.74, 6) is -0.753. The second kappa shape index (κ2) is 12.2. The number of carbonyl (C=O) groups excluding carboxylic acids is 3. The highest BCUT2D eigenvalue weighted by Gasteiger charge is 2.44. The van der Waals surface area contributed by atoms with E-state index in [-0.39, 0.29) is 11.9 Å². The third-order valence-corrected chi connectivity index (χ3v) is 5.82. The Bertz CT molecular complexity index is 860. The Morgan fingerprint density at radius 3 is 2.35 bits per heavy atom. The average molecular weight is 476 g/mol. The summed E-state index contributed by atoms with van der Waals surface area (Å²) in [6, 6.07) is 3.56. The molecule has 190 valence electrons. The lowest BCUT2D eigenvalue weighted by atomic mass is 9.98. The van der Waals surface area contributed by atoms with Crippen molar-refractivity contribution >= 4 is 17.9 Å². The van der Waals surface area contributed by atoms with Crippen LogP contribution in [0.1, 0.15) is 82.5 Å². The van der Waals surface area contributed by atoms with Gasteiger partial charge in [0.2, 0.25) is 11.8 Å². The monoisotopic (exact) mass is 475 g/mol. The minimum Gasteiger partial charge on any atom is -0.444 e. The van der Waals surface area contributed by atoms with Crippen molar-refractivity contribution in [2.45, 2.75) is 97.4 Å². The summed E-state index contributed by atoms with van der Waals surface area (Å²) in [5.41, 5.74) is 2.08. The van der Waals surface area contributed by atoms with Crippen LogP contribution < -0.4 is 10.6 Å². The van der Waals surface area contributed by atoms with Gasteiger partial charge in [-0.3, -0.25) is 9.59 Å². The quantitative estimate of drug-likeness (QED) is 0.425. The number of nitrogens with one attached hydrogen (secondary N) is 2. The van der Waals surface area contributed by atoms with Gasteiger partial charge in [-0.25, -0.2) is 4.79 Å². The van der Waals surface area contributed by atoms with Crippen molar-refractivity contribution in [3.8, 4) is 0 Å². The number of aliphatic hydroxyl groups excluding tert-OH is 1. The molecule has 0 spiro atoms. The van der Waals surface area contributed by atoms with Crippen molar-refractivity contribution < 1.29 is 24.2 Å². The maximum atomic E-state index is 13.6. The Morgan fingerprint density at radius 2 is 1.82 bits per heavy atom. The van der Waals surface area contributed by atoms with Crippen molar-refractivity contribution in [2.75, 3.05) is 13.2 Å². The van der Waals surface area contributed by atoms with Crippen molar-refractivity contribution in [1.82, 2.24) is 15.5 Å². The first-order chi connectivity index (χ1) is 16.0. The molecular formula is C26H41N3O5. The fourth-order valence-corrected chi connectivity index (χ4v) is 3.74. The zero-order chi connectivity index (χ0) is 25.5. The van der Waals surface area contributed by atoms with E-state index in [9.17, 15) is 19.5 Å². The van der Waals surface area contributed by atoms with Gasteiger partial charge in [0.05, 0.1) is 6.61 Å². The molecule has 0 radical (unpaired) electrons. The predicted octanol–water partition coefficient (Wildman–Crippen LogP) is 3.53. The smallest absolute Gasteiger partial charge is 0.408 e. The number of hydrogen-bond acceptors (Lipinski definition) is 5. The molecule has 8 nitrogen and oxygen atoms in total. The maximum absolute atomic E-state index is 13.6. The molecule has 3 amide bonds. The molecule has 2 atom stereocenters. The van der Waals surface area contributed by atoms with Crippen LogP contribution in [0.15, 0.2) is 18.2 Å². The van der Waals surface area contributed by atoms with E-state index < -0.39 is 36.3 Å². The molecule has 1 aromatic rings. The van der Waals surface area contributed by atoms with Crippen LogP contribution in [0, 0.1) is 13.8 Å². The molecule has 0 aliphatic heterocycles. The van der Waals surface area contributed by atoms with Crippen LogP contribution in [0.3, 0.4) is 0 Å². The number of ether oxygens (including phenoxy) is 1. The van der Waals surface area contributed by atoms with Crippen LogP contribution in [-0.2, 0) is 14.3 Å². The van der Waals surface area contributed by atoms with Crippen molar-refractivity contribution in [2.24, 2.45) is 0 Å². The number of alkyl carbamates (subject to hydrolysis) is 1. The molecule has 1 saturated carbocycles. The van der Waals surface area contributed by atoms with E-state index in [2.05, 4.69) is 17.6 Å². The van der Waals surface area contributed by atoms with E-state index in [0.29, 0.717) is 12.1 Å². The van der Waals surface area contributed by atoms with Crippen LogP contribution in [0.2, 0.25) is 0 Å². The lowest BCUT2D eigenvalue weighted by Gasteiger charge is -2.34. The molecule has 0 saturated heterocycles. The van der Waals surface area contributed by atoms with E-state index in [1.165, 1.54) is 4.90 Å². The zero-order valence-corrected chi connectivity index (χ0v) is 21.4. The van der Waals surface area contributed by atoms with Gasteiger partial charge in [-0.1, -0.05) is 38.0 Å². The van der Waals surface area contributed by atoms with Gasteiger partial charge in [0.1, 0.15) is 17.7 Å². The van der Waals surface area contributed by atoms with Crippen LogP contribution in [-0.4, -0.2) is 58.8 Å². The number of rotatable bonds is 11. The summed E-state index contributed by atoms with van der Waals surface area (Å²) in [6.45, 7) is 11.2. The molecule has 1 aliphatic rings. The predicted molar refractivity (Wildman–Crippen MR) is 131 cm³/mol. The third-order valence-electron chi connectivity index (χ3n) is 5.82. The molecule has 0 heterocycles. The standard InChI is InChI=1S/C26H41N3O5/c1-7-8-9-14-27-23(31)22(19-11-10-17(2)18(3)15-19)29(20-12-13-20)24(32)21(16-30)28-25(33)34-26(4,5)6/h10-11,15,20-22,30H,7-9,12-14,16H2,1-6H3,(H,27,31)(H,28,33). The number of unbranched alkanes of at least 4 members (excludes halogenated alkanes) is 2. The summed E-state index contributed by atoms with van der Waals surface area (Å²) in [5, 5.41) is 15.4. The van der Waals surface area contributed by atoms with Gasteiger partial charge < -0.3 is 25.4 Å². The molecule has 1 fully saturated rings. The van der Waals surface area contributed by atoms with Gasteiger partial charge in [0.25, 0.3) is 0 Å². The number of aliphatic hydroxyl groups is 1. The van der Waals surface area contributed by atoms with Crippen molar-refractivity contribution in [3.05, 3.63) is 34.9 Å². The number of nitrogens with zero attached hydrogens (tertiary/aromatic N) is 1. The first-order valence-corrected chi connectivity index (χ1v) is 12.3. The number of benzene rings is 1. The number of amides is 3. The Labute approximate surface area is 203 Å². The normalized spacial score (nSPS) is 15.3. The SMILES string of the molecule is CCCCCNC(=O)C(c1ccc(C)c(C)c1)N(C(=O)C(CO)NC(=O)OC(C)(C)C)C1CC1. The fraction of sp³-hybridized carbons (Fsp3) is 0.654. The average Bonchev–Trinajstić information content (AvgIpc) is 3.58. The highest BCUT2D eigenvalue weighted by atomic mass is 16.6. The summed E-state index contributed by atoms with van der Waals surface area (Å²) < 4.78 is 5.26. The number of aryl methyl sites for hydroxylation is 2. The third kappa shape index (κ3) is 8.01. The summed E-state index contributed by atoms with van der Waals surface area (Å²) >= 11 is 0. The van der Waals surface area contributed by atoms with E-state index in [1.807, 2.05) is 32.0 Å². The first-order valence-electron chi connectivity index (χ1n) is 12.3. The van der Waals surface area contributed by atoms with Crippen LogP contribution in [0.4, 0.5) is 4.79 Å². The molecule has 0 aromatic heterocycles. The van der Waals surface area contributed by atoms with Gasteiger partial charge in [0.15, 0.2) is 0 Å². The van der Waals surface area contributed by atoms with Crippen LogP contribution in [0.25, 0.3) is 0 Å². The lowest BCUT2D eigenvalue weighted by Crippen LogP contribution is -2.55. The van der Waals surface area contributed by atoms with E-state index in [0.717, 1.165) is 43.2 Å². The molecule has 8 heteroatoms. The van der Waals surface area contributed by atoms with Crippen molar-refractivity contribution in [1.29, 1.82) is 0 Å². The molecule has 2 rings (SSSR count). The topological polar surface area (TPSA) is 108 Å². The van der Waals surface area contributed by atoms with Crippen LogP contribution in [0.5, 0.6) is 0 Å². The minimum absolute atomic E-state index is 0.130. The van der Waals surface area contributed by atoms with Gasteiger partial charge in [-0.2, -0.15) is 0 Å². The lowest BCUT2D eigenvalue weighted by molar-refractivity contribution is -0.144. The van der Waals surface area contributed by atoms with E-state index >= 15 is 0 Å². The molecule has 1 aromatic carbocycles. The maximum Gasteiger partial charge on any atom is 0.408 e. The van der Waals surface area contributed by atoms with E-state index in [4.69, 9.17) is 4.74 Å². The Morgan fingerprint density at radius 1 is 1.15 bits per heavy atom. The zero-order valence-electron chi connectivity index (χ0n) is 21.4. The van der Waals surface area contributed by atoms with Gasteiger partial charge in [-0.05, 0) is 70.6 Å². The number of carbonyl (C=O) groups is 3. The van der Waals surface area contributed by atoms with Crippen LogP contribution >= 0.6 is 0 Å². The molecular weight excluding hydrogens is 434 g/mol. The summed E-state index contributed by atoms with van der Waals surface area (Å²) in [4.78, 5) is 40.9. The first kappa shape index (κ1) is 27.6. The highest BCUT2D eigenvalue weighted by Crippen LogP contribution is 2.36. The molecule has 3 N–H and O–H groups in total. The number of hydrogen-bond donors (Lipinski definition) is 3. The molecule has 34 heavy (non-hydrogen) atoms. The summed E-state index contributed by atoms with van der Waals surface area (Å²) in [6.07, 6.45) is 3.65. The van der Waals surface area contributed by atoms with Gasteiger partial charge >= 0.3 is 6.09 Å². The Kier molecular flexibility index (Phi) is 9.91.